The highest BCUT2D eigenvalue weighted by Gasteiger charge is 2.23. The number of rotatable bonds is 1. The first-order chi connectivity index (χ1) is 10.3. The topological polar surface area (TPSA) is 59.3 Å². The molecule has 0 bridgehead atoms. The Hall–Kier alpha value is -2.95. The predicted octanol–water partition coefficient (Wildman–Crippen LogP) is 3.22. The molecule has 2 heterocycles. The lowest BCUT2D eigenvalue weighted by molar-refractivity contribution is 0.0926. The molecule has 1 aliphatic heterocycles. The first kappa shape index (κ1) is 11.8. The molecule has 2 aromatic carbocycles. The van der Waals surface area contributed by atoms with Gasteiger partial charge < -0.3 is 5.32 Å². The fourth-order valence-electron chi connectivity index (χ4n) is 2.48. The number of para-hydroxylation sites is 3. The third kappa shape index (κ3) is 1.99. The first-order valence-corrected chi connectivity index (χ1v) is 6.71. The monoisotopic (exact) mass is 276 g/mol. The number of hydrogen-bond acceptors (Lipinski definition) is 4. The highest BCUT2D eigenvalue weighted by Crippen LogP contribution is 2.25. The van der Waals surface area contributed by atoms with Crippen LogP contribution in [0.15, 0.2) is 59.6 Å². The predicted molar refractivity (Wildman–Crippen MR) is 82.1 cm³/mol. The van der Waals surface area contributed by atoms with Crippen LogP contribution in [0.4, 0.5) is 11.6 Å². The van der Waals surface area contributed by atoms with E-state index >= 15 is 0 Å². The Labute approximate surface area is 121 Å². The van der Waals surface area contributed by atoms with Gasteiger partial charge in [0.25, 0.3) is 0 Å². The van der Waals surface area contributed by atoms with Crippen LogP contribution in [-0.2, 0) is 0 Å². The van der Waals surface area contributed by atoms with Crippen LogP contribution in [0.2, 0.25) is 0 Å². The molecule has 0 amide bonds. The molecule has 0 fully saturated rings. The van der Waals surface area contributed by atoms with Crippen LogP contribution in [0.3, 0.4) is 0 Å². The lowest BCUT2D eigenvalue weighted by Crippen LogP contribution is -2.24. The molecule has 4 rings (SSSR count). The van der Waals surface area contributed by atoms with Gasteiger partial charge in [0.1, 0.15) is 5.84 Å². The molecule has 1 aromatic heterocycles. The number of nitrogens with one attached hydrogen (secondary N) is 1. The second kappa shape index (κ2) is 4.56. The summed E-state index contributed by atoms with van der Waals surface area (Å²) in [5.74, 6) is 1.03. The maximum Gasteiger partial charge on any atom is 0.241 e. The second-order valence-electron chi connectivity index (χ2n) is 4.86. The zero-order chi connectivity index (χ0) is 14.2. The van der Waals surface area contributed by atoms with Crippen molar-refractivity contribution in [2.75, 3.05) is 5.32 Å². The van der Waals surface area contributed by atoms with Gasteiger partial charge in [-0.15, -0.1) is 0 Å². The van der Waals surface area contributed by atoms with Crippen molar-refractivity contribution in [2.45, 2.75) is 6.42 Å². The summed E-state index contributed by atoms with van der Waals surface area (Å²) in [6, 6.07) is 17.2. The van der Waals surface area contributed by atoms with E-state index in [0.29, 0.717) is 11.8 Å². The van der Waals surface area contributed by atoms with E-state index in [9.17, 15) is 4.79 Å². The molecule has 0 unspecified atom stereocenters. The molecule has 5 heteroatoms. The van der Waals surface area contributed by atoms with E-state index in [1.165, 1.54) is 0 Å². The van der Waals surface area contributed by atoms with Crippen molar-refractivity contribution in [1.29, 1.82) is 0 Å². The van der Waals surface area contributed by atoms with Crippen molar-refractivity contribution in [1.82, 2.24) is 9.55 Å². The minimum absolute atomic E-state index is 0.0212. The number of benzene rings is 2. The highest BCUT2D eigenvalue weighted by molar-refractivity contribution is 6.12. The number of carbonyl (C=O) groups excluding carboxylic acids is 1. The summed E-state index contributed by atoms with van der Waals surface area (Å²) in [4.78, 5) is 21.2. The van der Waals surface area contributed by atoms with Crippen molar-refractivity contribution < 1.29 is 4.79 Å². The van der Waals surface area contributed by atoms with E-state index in [4.69, 9.17) is 0 Å². The normalized spacial score (nSPS) is 13.9. The Balaban J connectivity index is 1.78. The minimum Gasteiger partial charge on any atom is -0.343 e. The Morgan fingerprint density at radius 1 is 1.00 bits per heavy atom. The van der Waals surface area contributed by atoms with Gasteiger partial charge in [-0.3, -0.25) is 4.79 Å². The first-order valence-electron chi connectivity index (χ1n) is 6.71. The van der Waals surface area contributed by atoms with Gasteiger partial charge in [-0.05, 0) is 24.3 Å². The van der Waals surface area contributed by atoms with Crippen LogP contribution < -0.4 is 5.32 Å². The molecule has 102 valence electrons. The molecule has 0 aliphatic carbocycles. The van der Waals surface area contributed by atoms with Crippen molar-refractivity contribution >= 4 is 34.4 Å². The summed E-state index contributed by atoms with van der Waals surface area (Å²) in [5, 5.41) is 3.17. The van der Waals surface area contributed by atoms with Crippen LogP contribution in [0.1, 0.15) is 11.2 Å². The number of amidine groups is 1. The zero-order valence-corrected chi connectivity index (χ0v) is 11.2. The number of imidazole rings is 1. The third-order valence-corrected chi connectivity index (χ3v) is 3.41. The summed E-state index contributed by atoms with van der Waals surface area (Å²) >= 11 is 0. The van der Waals surface area contributed by atoms with Gasteiger partial charge in [-0.25, -0.2) is 9.55 Å². The maximum absolute atomic E-state index is 12.4. The zero-order valence-electron chi connectivity index (χ0n) is 11.2. The summed E-state index contributed by atoms with van der Waals surface area (Å²) in [7, 11) is 0. The molecule has 0 radical (unpaired) electrons. The summed E-state index contributed by atoms with van der Waals surface area (Å²) < 4.78 is 1.57. The van der Waals surface area contributed by atoms with E-state index in [2.05, 4.69) is 15.3 Å². The Bertz CT molecular complexity index is 864. The van der Waals surface area contributed by atoms with Crippen LogP contribution in [-0.4, -0.2) is 21.3 Å². The standard InChI is InChI=1S/C16H12N4O/c21-15-10-14(17-11-6-2-1-3-7-11)19-16-18-12-8-4-5-9-13(12)20(15)16/h1-9H,10H2,(H,17,18,19). The third-order valence-electron chi connectivity index (χ3n) is 3.41. The van der Waals surface area contributed by atoms with E-state index in [1.807, 2.05) is 54.6 Å². The van der Waals surface area contributed by atoms with Gasteiger partial charge in [-0.1, -0.05) is 30.3 Å². The van der Waals surface area contributed by atoms with E-state index in [0.717, 1.165) is 16.7 Å². The lowest BCUT2D eigenvalue weighted by Gasteiger charge is -2.15. The summed E-state index contributed by atoms with van der Waals surface area (Å²) in [6.45, 7) is 0. The minimum atomic E-state index is -0.0212. The van der Waals surface area contributed by atoms with Crippen LogP contribution in [0.25, 0.3) is 11.0 Å². The fourth-order valence-corrected chi connectivity index (χ4v) is 2.48. The van der Waals surface area contributed by atoms with Crippen molar-refractivity contribution in [3.05, 3.63) is 54.6 Å². The maximum atomic E-state index is 12.4. The largest absolute Gasteiger partial charge is 0.343 e. The van der Waals surface area contributed by atoms with Gasteiger partial charge in [0, 0.05) is 5.69 Å². The smallest absolute Gasteiger partial charge is 0.241 e. The average molecular weight is 276 g/mol. The Kier molecular flexibility index (Phi) is 2.57. The molecule has 1 N–H and O–H groups in total. The lowest BCUT2D eigenvalue weighted by atomic mass is 10.2. The molecule has 0 saturated carbocycles. The molecule has 21 heavy (non-hydrogen) atoms. The number of aliphatic imine (C=N–C) groups is 1. The molecule has 1 aliphatic rings. The van der Waals surface area contributed by atoms with Gasteiger partial charge in [0.05, 0.1) is 17.5 Å². The van der Waals surface area contributed by atoms with Gasteiger partial charge in [0.15, 0.2) is 0 Å². The van der Waals surface area contributed by atoms with Crippen molar-refractivity contribution in [3.8, 4) is 0 Å². The van der Waals surface area contributed by atoms with Crippen LogP contribution in [0.5, 0.6) is 0 Å². The molecule has 3 aromatic rings. The van der Waals surface area contributed by atoms with Gasteiger partial charge in [-0.2, -0.15) is 4.99 Å². The molecular formula is C16H12N4O. The molecular weight excluding hydrogens is 264 g/mol. The summed E-state index contributed by atoms with van der Waals surface area (Å²) in [6.07, 6.45) is 0.238. The SMILES string of the molecule is O=C1CC(Nc2ccccc2)=Nc2nc3ccccc3n21. The number of fused-ring (bicyclic) bond motifs is 3. The molecule has 5 nitrogen and oxygen atoms in total. The van der Waals surface area contributed by atoms with Crippen LogP contribution >= 0.6 is 0 Å². The number of aromatic nitrogens is 2. The van der Waals surface area contributed by atoms with Crippen molar-refractivity contribution in [2.24, 2.45) is 4.99 Å². The van der Waals surface area contributed by atoms with E-state index in [-0.39, 0.29) is 12.3 Å². The molecule has 0 saturated heterocycles. The highest BCUT2D eigenvalue weighted by atomic mass is 16.2. The van der Waals surface area contributed by atoms with Gasteiger partial charge in [0.2, 0.25) is 11.9 Å². The number of hydrogen-bond donors (Lipinski definition) is 1. The fraction of sp³-hybridized carbons (Fsp3) is 0.0625. The van der Waals surface area contributed by atoms with Crippen molar-refractivity contribution in [3.63, 3.8) is 0 Å². The summed E-state index contributed by atoms with van der Waals surface area (Å²) in [5.41, 5.74) is 2.50. The molecule has 0 spiro atoms. The number of nitrogens with zero attached hydrogens (tertiary/aromatic N) is 3. The van der Waals surface area contributed by atoms with Gasteiger partial charge >= 0.3 is 0 Å². The number of anilines is 1. The van der Waals surface area contributed by atoms with Crippen LogP contribution in [0, 0.1) is 0 Å². The number of carbonyl (C=O) groups is 1. The quantitative estimate of drug-likeness (QED) is 0.742. The van der Waals surface area contributed by atoms with E-state index < -0.39 is 0 Å². The van der Waals surface area contributed by atoms with E-state index in [1.54, 1.807) is 4.57 Å². The Morgan fingerprint density at radius 2 is 1.76 bits per heavy atom. The second-order valence-corrected chi connectivity index (χ2v) is 4.86. The Morgan fingerprint density at radius 3 is 2.62 bits per heavy atom. The average Bonchev–Trinajstić information content (AvgIpc) is 2.87. The molecule has 0 atom stereocenters.